The predicted octanol–water partition coefficient (Wildman–Crippen LogP) is 3.18. The minimum atomic E-state index is -0.277. The van der Waals surface area contributed by atoms with Crippen molar-refractivity contribution in [2.75, 3.05) is 13.1 Å². The summed E-state index contributed by atoms with van der Waals surface area (Å²) in [5, 5.41) is 11.2. The van der Waals surface area contributed by atoms with Gasteiger partial charge in [-0.25, -0.2) is 9.18 Å². The van der Waals surface area contributed by atoms with Crippen LogP contribution in [0, 0.1) is 11.7 Å². The minimum absolute atomic E-state index is 0.0867. The predicted molar refractivity (Wildman–Crippen MR) is 103 cm³/mol. The molecule has 2 heterocycles. The number of carbonyl (C=O) groups is 1. The molecule has 1 aliphatic heterocycles. The molecule has 1 aromatic heterocycles. The monoisotopic (exact) mass is 379 g/mol. The van der Waals surface area contributed by atoms with E-state index in [2.05, 4.69) is 15.5 Å². The van der Waals surface area contributed by atoms with Crippen molar-refractivity contribution in [3.8, 4) is 5.69 Å². The van der Waals surface area contributed by atoms with E-state index in [0.717, 1.165) is 36.5 Å². The third kappa shape index (κ3) is 4.19. The molecule has 1 atom stereocenters. The smallest absolute Gasteiger partial charge is 0.317 e. The van der Waals surface area contributed by atoms with Crippen molar-refractivity contribution in [1.29, 1.82) is 0 Å². The van der Waals surface area contributed by atoms with Gasteiger partial charge in [0, 0.05) is 31.7 Å². The largest absolute Gasteiger partial charge is 0.334 e. The Bertz CT molecular complexity index is 925. The zero-order valence-corrected chi connectivity index (χ0v) is 15.5. The van der Waals surface area contributed by atoms with Crippen LogP contribution in [0.5, 0.6) is 0 Å². The molecule has 6 nitrogen and oxygen atoms in total. The summed E-state index contributed by atoms with van der Waals surface area (Å²) in [4.78, 5) is 14.3. The van der Waals surface area contributed by atoms with Crippen LogP contribution in [-0.4, -0.2) is 38.8 Å². The Labute approximate surface area is 163 Å². The summed E-state index contributed by atoms with van der Waals surface area (Å²) in [6.07, 6.45) is 3.44. The van der Waals surface area contributed by atoms with Gasteiger partial charge in [0.05, 0.1) is 0 Å². The molecule has 7 heteroatoms. The number of para-hydroxylation sites is 1. The second-order valence-corrected chi connectivity index (χ2v) is 7.04. The number of aromatic nitrogens is 3. The number of likely N-dealkylation sites (tertiary alicyclic amines) is 1. The third-order valence-corrected chi connectivity index (χ3v) is 5.05. The maximum Gasteiger partial charge on any atom is 0.317 e. The summed E-state index contributed by atoms with van der Waals surface area (Å²) in [5.74, 6) is 0.980. The maximum atomic E-state index is 13.0. The summed E-state index contributed by atoms with van der Waals surface area (Å²) in [5.41, 5.74) is 1.91. The lowest BCUT2D eigenvalue weighted by Gasteiger charge is -2.17. The average Bonchev–Trinajstić information content (AvgIpc) is 3.38. The number of halogens is 1. The molecule has 28 heavy (non-hydrogen) atoms. The maximum absolute atomic E-state index is 13.0. The van der Waals surface area contributed by atoms with E-state index in [-0.39, 0.29) is 11.8 Å². The first-order chi connectivity index (χ1) is 13.7. The lowest BCUT2D eigenvalue weighted by Crippen LogP contribution is -2.38. The van der Waals surface area contributed by atoms with Crippen LogP contribution in [0.1, 0.15) is 17.8 Å². The third-order valence-electron chi connectivity index (χ3n) is 5.05. The van der Waals surface area contributed by atoms with Gasteiger partial charge >= 0.3 is 6.03 Å². The fourth-order valence-corrected chi connectivity index (χ4v) is 3.54. The van der Waals surface area contributed by atoms with Crippen LogP contribution in [0.25, 0.3) is 5.69 Å². The summed E-state index contributed by atoms with van der Waals surface area (Å²) in [6.45, 7) is 1.80. The van der Waals surface area contributed by atoms with E-state index in [9.17, 15) is 9.18 Å². The first kappa shape index (κ1) is 18.2. The Kier molecular flexibility index (Phi) is 5.32. The molecule has 0 spiro atoms. The number of hydrogen-bond acceptors (Lipinski definition) is 3. The molecule has 0 radical (unpaired) electrons. The average molecular weight is 379 g/mol. The summed E-state index contributed by atoms with van der Waals surface area (Å²) in [7, 11) is 0. The highest BCUT2D eigenvalue weighted by molar-refractivity contribution is 5.74. The first-order valence-corrected chi connectivity index (χ1v) is 9.40. The molecule has 144 valence electrons. The molecule has 4 rings (SSSR count). The second-order valence-electron chi connectivity index (χ2n) is 7.04. The van der Waals surface area contributed by atoms with E-state index in [1.807, 2.05) is 39.8 Å². The number of nitrogens with zero attached hydrogens (tertiary/aromatic N) is 4. The number of rotatable bonds is 5. The number of carbonyl (C=O) groups excluding carboxylic acids is 1. The van der Waals surface area contributed by atoms with Crippen LogP contribution in [0.3, 0.4) is 0 Å². The lowest BCUT2D eigenvalue weighted by molar-refractivity contribution is 0.206. The van der Waals surface area contributed by atoms with Crippen molar-refractivity contribution < 1.29 is 9.18 Å². The molecular weight excluding hydrogens is 357 g/mol. The topological polar surface area (TPSA) is 63.1 Å². The van der Waals surface area contributed by atoms with Gasteiger partial charge in [-0.15, -0.1) is 10.2 Å². The quantitative estimate of drug-likeness (QED) is 0.741. The van der Waals surface area contributed by atoms with E-state index in [0.29, 0.717) is 19.0 Å². The zero-order valence-electron chi connectivity index (χ0n) is 15.5. The Morgan fingerprint density at radius 2 is 1.93 bits per heavy atom. The van der Waals surface area contributed by atoms with Crippen molar-refractivity contribution in [1.82, 2.24) is 25.0 Å². The van der Waals surface area contributed by atoms with Crippen molar-refractivity contribution in [2.24, 2.45) is 5.92 Å². The van der Waals surface area contributed by atoms with Crippen molar-refractivity contribution in [2.45, 2.75) is 19.4 Å². The molecular formula is C21H22FN5O. The summed E-state index contributed by atoms with van der Waals surface area (Å²) >= 11 is 0. The molecule has 0 saturated carbocycles. The van der Waals surface area contributed by atoms with Crippen LogP contribution in [0.2, 0.25) is 0 Å². The van der Waals surface area contributed by atoms with E-state index >= 15 is 0 Å². The number of hydrogen-bond donors (Lipinski definition) is 1. The van der Waals surface area contributed by atoms with Crippen LogP contribution >= 0.6 is 0 Å². The fourth-order valence-electron chi connectivity index (χ4n) is 3.54. The molecule has 1 N–H and O–H groups in total. The molecule has 1 saturated heterocycles. The zero-order chi connectivity index (χ0) is 19.3. The Hall–Kier alpha value is -3.22. The Morgan fingerprint density at radius 3 is 2.71 bits per heavy atom. The second kappa shape index (κ2) is 8.21. The van der Waals surface area contributed by atoms with E-state index in [1.165, 1.54) is 12.1 Å². The van der Waals surface area contributed by atoms with Crippen molar-refractivity contribution >= 4 is 6.03 Å². The molecule has 1 unspecified atom stereocenters. The molecule has 0 aliphatic carbocycles. The minimum Gasteiger partial charge on any atom is -0.334 e. The van der Waals surface area contributed by atoms with Gasteiger partial charge in [0.1, 0.15) is 18.0 Å². The SMILES string of the molecule is O=C(NCc1ccc(F)cc1)N1CCC(Cc2nncn2-c2ccccc2)C1. The molecule has 2 amide bonds. The molecule has 1 fully saturated rings. The van der Waals surface area contributed by atoms with Crippen LogP contribution in [-0.2, 0) is 13.0 Å². The van der Waals surface area contributed by atoms with Crippen molar-refractivity contribution in [3.05, 3.63) is 78.1 Å². The number of amides is 2. The van der Waals surface area contributed by atoms with Crippen LogP contribution in [0.15, 0.2) is 60.9 Å². The van der Waals surface area contributed by atoms with Gasteiger partial charge in [-0.1, -0.05) is 30.3 Å². The normalized spacial score (nSPS) is 16.3. The Balaban J connectivity index is 1.32. The highest BCUT2D eigenvalue weighted by Crippen LogP contribution is 2.21. The number of benzene rings is 2. The Morgan fingerprint density at radius 1 is 1.14 bits per heavy atom. The van der Waals surface area contributed by atoms with E-state index < -0.39 is 0 Å². The lowest BCUT2D eigenvalue weighted by atomic mass is 10.0. The fraction of sp³-hybridized carbons (Fsp3) is 0.286. The van der Waals surface area contributed by atoms with E-state index in [4.69, 9.17) is 0 Å². The van der Waals surface area contributed by atoms with Crippen LogP contribution < -0.4 is 5.32 Å². The van der Waals surface area contributed by atoms with Gasteiger partial charge in [0.2, 0.25) is 0 Å². The van der Waals surface area contributed by atoms with Gasteiger partial charge < -0.3 is 10.2 Å². The van der Waals surface area contributed by atoms with Crippen molar-refractivity contribution in [3.63, 3.8) is 0 Å². The molecule has 0 bridgehead atoms. The van der Waals surface area contributed by atoms with Gasteiger partial charge in [0.15, 0.2) is 0 Å². The number of nitrogens with one attached hydrogen (secondary N) is 1. The van der Waals surface area contributed by atoms with Gasteiger partial charge in [-0.3, -0.25) is 4.57 Å². The first-order valence-electron chi connectivity index (χ1n) is 9.40. The van der Waals surface area contributed by atoms with Gasteiger partial charge in [-0.2, -0.15) is 0 Å². The standard InChI is InChI=1S/C21H22FN5O/c22-18-8-6-16(7-9-18)13-23-21(28)26-11-10-17(14-26)12-20-25-24-15-27(20)19-4-2-1-3-5-19/h1-9,15,17H,10-14H2,(H,23,28). The van der Waals surface area contributed by atoms with Crippen LogP contribution in [0.4, 0.5) is 9.18 Å². The van der Waals surface area contributed by atoms with Gasteiger partial charge in [0.25, 0.3) is 0 Å². The summed E-state index contributed by atoms with van der Waals surface area (Å²) < 4.78 is 15.0. The molecule has 2 aromatic carbocycles. The van der Waals surface area contributed by atoms with Gasteiger partial charge in [-0.05, 0) is 42.2 Å². The van der Waals surface area contributed by atoms with E-state index in [1.54, 1.807) is 18.5 Å². The molecule has 1 aliphatic rings. The highest BCUT2D eigenvalue weighted by atomic mass is 19.1. The number of urea groups is 1. The highest BCUT2D eigenvalue weighted by Gasteiger charge is 2.27. The molecule has 3 aromatic rings. The summed E-state index contributed by atoms with van der Waals surface area (Å²) in [6, 6.07) is 16.1.